The number of likely N-dealkylation sites (N-methyl/N-ethyl adjacent to an activating group) is 1. The van der Waals surface area contributed by atoms with Crippen LogP contribution in [0.25, 0.3) is 0 Å². The number of piperazine rings is 1. The van der Waals surface area contributed by atoms with Crippen LogP contribution >= 0.6 is 0 Å². The maximum Gasteiger partial charge on any atom is 0.228 e. The van der Waals surface area contributed by atoms with E-state index in [-0.39, 0.29) is 43.0 Å². The summed E-state index contributed by atoms with van der Waals surface area (Å²) in [5.74, 6) is 0.704. The fourth-order valence-electron chi connectivity index (χ4n) is 5.24. The van der Waals surface area contributed by atoms with Gasteiger partial charge in [0.15, 0.2) is 0 Å². The van der Waals surface area contributed by atoms with E-state index in [1.54, 1.807) is 12.4 Å². The van der Waals surface area contributed by atoms with Crippen LogP contribution in [0.5, 0.6) is 5.75 Å². The van der Waals surface area contributed by atoms with Crippen LogP contribution in [0.3, 0.4) is 0 Å². The van der Waals surface area contributed by atoms with E-state index >= 15 is 0 Å². The predicted molar refractivity (Wildman–Crippen MR) is 129 cm³/mol. The molecule has 2 saturated heterocycles. The summed E-state index contributed by atoms with van der Waals surface area (Å²) >= 11 is 0. The average molecular weight is 481 g/mol. The number of fused-ring (bicyclic) bond motifs is 3. The highest BCUT2D eigenvalue weighted by Crippen LogP contribution is 2.47. The van der Waals surface area contributed by atoms with Gasteiger partial charge in [-0.15, -0.1) is 0 Å². The van der Waals surface area contributed by atoms with Crippen LogP contribution in [-0.2, 0) is 20.7 Å². The maximum absolute atomic E-state index is 12.9. The fraction of sp³-hybridized carbons (Fsp3) is 0.500. The van der Waals surface area contributed by atoms with Crippen molar-refractivity contribution < 1.29 is 24.2 Å². The summed E-state index contributed by atoms with van der Waals surface area (Å²) in [5, 5.41) is 13.0. The molecule has 3 aliphatic heterocycles. The third kappa shape index (κ3) is 5.32. The van der Waals surface area contributed by atoms with Crippen LogP contribution in [0, 0.1) is 0 Å². The molecule has 0 saturated carbocycles. The number of amides is 2. The van der Waals surface area contributed by atoms with E-state index in [0.717, 1.165) is 43.1 Å². The number of carbonyl (C=O) groups is 2. The average Bonchev–Trinajstić information content (AvgIpc) is 3.22. The molecule has 1 aromatic heterocycles. The Kier molecular flexibility index (Phi) is 6.99. The highest BCUT2D eigenvalue weighted by Gasteiger charge is 2.46. The molecular formula is C26H32N4O5. The third-order valence-corrected chi connectivity index (χ3v) is 7.16. The van der Waals surface area contributed by atoms with E-state index in [1.807, 2.05) is 35.2 Å². The lowest BCUT2D eigenvalue weighted by Gasteiger charge is -2.38. The summed E-state index contributed by atoms with van der Waals surface area (Å²) in [7, 11) is 2.06. The number of benzene rings is 1. The van der Waals surface area contributed by atoms with Gasteiger partial charge in [-0.3, -0.25) is 14.6 Å². The molecule has 1 aromatic carbocycles. The first-order valence-electron chi connectivity index (χ1n) is 12.2. The SMILES string of the molecule is CN1CCN(C(=O)C[C@@H]2C[C@H]3c4cc(NC(=O)Cc5ccncc5)ccc4O[C@H]3[C@@H](CO)O2)CC1. The third-order valence-electron chi connectivity index (χ3n) is 7.16. The number of anilines is 1. The van der Waals surface area contributed by atoms with Gasteiger partial charge in [-0.05, 0) is 49.4 Å². The molecule has 0 unspecified atom stereocenters. The summed E-state index contributed by atoms with van der Waals surface area (Å²) in [6.07, 6.45) is 3.41. The largest absolute Gasteiger partial charge is 0.487 e. The van der Waals surface area contributed by atoms with Crippen molar-refractivity contribution >= 4 is 17.5 Å². The first-order valence-corrected chi connectivity index (χ1v) is 12.2. The Morgan fingerprint density at radius 2 is 1.91 bits per heavy atom. The number of hydrogen-bond acceptors (Lipinski definition) is 7. The van der Waals surface area contributed by atoms with Crippen molar-refractivity contribution in [1.82, 2.24) is 14.8 Å². The minimum atomic E-state index is -0.504. The van der Waals surface area contributed by atoms with Gasteiger partial charge >= 0.3 is 0 Å². The molecule has 0 radical (unpaired) electrons. The smallest absolute Gasteiger partial charge is 0.228 e. The van der Waals surface area contributed by atoms with Crippen molar-refractivity contribution in [3.63, 3.8) is 0 Å². The number of rotatable bonds is 6. The minimum absolute atomic E-state index is 0.0155. The van der Waals surface area contributed by atoms with Gasteiger partial charge in [0.1, 0.15) is 18.0 Å². The Morgan fingerprint density at radius 3 is 2.66 bits per heavy atom. The molecule has 9 nitrogen and oxygen atoms in total. The minimum Gasteiger partial charge on any atom is -0.487 e. The summed E-state index contributed by atoms with van der Waals surface area (Å²) < 4.78 is 12.3. The Hall–Kier alpha value is -3.01. The summed E-state index contributed by atoms with van der Waals surface area (Å²) in [6, 6.07) is 9.27. The second-order valence-electron chi connectivity index (χ2n) is 9.62. The van der Waals surface area contributed by atoms with Gasteiger partial charge in [0, 0.05) is 55.7 Å². The molecule has 5 rings (SSSR count). The highest BCUT2D eigenvalue weighted by molar-refractivity contribution is 5.92. The van der Waals surface area contributed by atoms with Crippen molar-refractivity contribution in [1.29, 1.82) is 0 Å². The Bertz CT molecular complexity index is 1060. The van der Waals surface area contributed by atoms with Gasteiger partial charge < -0.3 is 29.7 Å². The van der Waals surface area contributed by atoms with Crippen LogP contribution in [0.2, 0.25) is 0 Å². The Labute approximate surface area is 205 Å². The zero-order chi connectivity index (χ0) is 24.4. The number of nitrogens with zero attached hydrogens (tertiary/aromatic N) is 3. The van der Waals surface area contributed by atoms with Crippen molar-refractivity contribution in [3.8, 4) is 5.75 Å². The zero-order valence-electron chi connectivity index (χ0n) is 19.9. The molecule has 2 amide bonds. The topological polar surface area (TPSA) is 104 Å². The van der Waals surface area contributed by atoms with E-state index in [0.29, 0.717) is 18.5 Å². The normalized spacial score (nSPS) is 25.9. The van der Waals surface area contributed by atoms with Gasteiger partial charge in [-0.25, -0.2) is 0 Å². The van der Waals surface area contributed by atoms with Crippen LogP contribution in [0.15, 0.2) is 42.7 Å². The molecule has 35 heavy (non-hydrogen) atoms. The first kappa shape index (κ1) is 23.7. The monoisotopic (exact) mass is 480 g/mol. The standard InChI is InChI=1S/C26H32N4O5/c1-29-8-10-30(11-9-29)25(33)15-19-14-21-20-13-18(28-24(32)12-17-4-6-27-7-5-17)2-3-22(20)35-26(21)23(16-31)34-19/h2-7,13,19,21,23,26,31H,8-12,14-16H2,1H3,(H,28,32)/t19-,21-,23+,26+/m0/s1. The number of aliphatic hydroxyl groups is 1. The van der Waals surface area contributed by atoms with Crippen LogP contribution < -0.4 is 10.1 Å². The molecule has 2 N–H and O–H groups in total. The second kappa shape index (κ2) is 10.3. The lowest BCUT2D eigenvalue weighted by Crippen LogP contribution is -2.50. The van der Waals surface area contributed by atoms with E-state index < -0.39 is 6.10 Å². The Balaban J connectivity index is 1.26. The number of ether oxygens (including phenoxy) is 2. The van der Waals surface area contributed by atoms with Crippen molar-refractivity contribution in [2.75, 3.05) is 45.2 Å². The molecule has 2 fully saturated rings. The highest BCUT2D eigenvalue weighted by atomic mass is 16.6. The zero-order valence-corrected chi connectivity index (χ0v) is 19.9. The molecule has 0 aliphatic carbocycles. The maximum atomic E-state index is 12.9. The van der Waals surface area contributed by atoms with Crippen LogP contribution in [0.1, 0.15) is 29.9 Å². The van der Waals surface area contributed by atoms with Gasteiger partial charge in [0.2, 0.25) is 11.8 Å². The van der Waals surface area contributed by atoms with Gasteiger partial charge in [0.05, 0.1) is 25.6 Å². The van der Waals surface area contributed by atoms with Crippen molar-refractivity contribution in [2.24, 2.45) is 0 Å². The summed E-state index contributed by atoms with van der Waals surface area (Å²) in [4.78, 5) is 33.6. The number of aliphatic hydroxyl groups excluding tert-OH is 1. The van der Waals surface area contributed by atoms with Crippen molar-refractivity contribution in [2.45, 2.75) is 43.5 Å². The van der Waals surface area contributed by atoms with E-state index in [1.165, 1.54) is 0 Å². The first-order chi connectivity index (χ1) is 17.0. The molecule has 0 spiro atoms. The van der Waals surface area contributed by atoms with Gasteiger partial charge in [0.25, 0.3) is 0 Å². The van der Waals surface area contributed by atoms with Crippen LogP contribution in [-0.4, -0.2) is 89.9 Å². The van der Waals surface area contributed by atoms with Crippen LogP contribution in [0.4, 0.5) is 5.69 Å². The molecule has 4 atom stereocenters. The quantitative estimate of drug-likeness (QED) is 0.645. The second-order valence-corrected chi connectivity index (χ2v) is 9.62. The van der Waals surface area contributed by atoms with E-state index in [9.17, 15) is 14.7 Å². The Morgan fingerprint density at radius 1 is 1.14 bits per heavy atom. The lowest BCUT2D eigenvalue weighted by atomic mass is 9.84. The number of pyridine rings is 1. The summed E-state index contributed by atoms with van der Waals surface area (Å²) in [5.41, 5.74) is 2.57. The molecule has 2 aromatic rings. The van der Waals surface area contributed by atoms with E-state index in [2.05, 4.69) is 22.2 Å². The molecule has 9 heteroatoms. The number of hydrogen-bond donors (Lipinski definition) is 2. The number of aromatic nitrogens is 1. The fourth-order valence-corrected chi connectivity index (χ4v) is 5.24. The summed E-state index contributed by atoms with van der Waals surface area (Å²) in [6.45, 7) is 3.03. The lowest BCUT2D eigenvalue weighted by molar-refractivity contribution is -0.150. The molecule has 0 bridgehead atoms. The van der Waals surface area contributed by atoms with E-state index in [4.69, 9.17) is 9.47 Å². The molecule has 4 heterocycles. The molecule has 3 aliphatic rings. The number of nitrogens with one attached hydrogen (secondary N) is 1. The van der Waals surface area contributed by atoms with Gasteiger partial charge in [-0.2, -0.15) is 0 Å². The van der Waals surface area contributed by atoms with Gasteiger partial charge in [-0.1, -0.05) is 0 Å². The predicted octanol–water partition coefficient (Wildman–Crippen LogP) is 1.42. The van der Waals surface area contributed by atoms with Crippen molar-refractivity contribution in [3.05, 3.63) is 53.9 Å². The number of carbonyl (C=O) groups excluding carboxylic acids is 2. The molecular weight excluding hydrogens is 448 g/mol. The molecule has 186 valence electrons.